The SMILES string of the molecule is CCCC1(Cc2cscn2)CNC1. The van der Waals surface area contributed by atoms with Gasteiger partial charge in [0.15, 0.2) is 0 Å². The van der Waals surface area contributed by atoms with Crippen molar-refractivity contribution in [3.05, 3.63) is 16.6 Å². The van der Waals surface area contributed by atoms with E-state index in [-0.39, 0.29) is 0 Å². The normalized spacial score (nSPS) is 19.8. The lowest BCUT2D eigenvalue weighted by atomic mass is 9.74. The van der Waals surface area contributed by atoms with Crippen LogP contribution in [0.2, 0.25) is 0 Å². The van der Waals surface area contributed by atoms with Gasteiger partial charge in [-0.25, -0.2) is 4.98 Å². The Hall–Kier alpha value is -0.410. The summed E-state index contributed by atoms with van der Waals surface area (Å²) in [5, 5.41) is 5.55. The third kappa shape index (κ3) is 1.92. The second kappa shape index (κ2) is 3.76. The van der Waals surface area contributed by atoms with Gasteiger partial charge in [-0.15, -0.1) is 11.3 Å². The molecule has 1 aromatic rings. The summed E-state index contributed by atoms with van der Waals surface area (Å²) in [6, 6.07) is 0. The summed E-state index contributed by atoms with van der Waals surface area (Å²) in [7, 11) is 0. The van der Waals surface area contributed by atoms with E-state index >= 15 is 0 Å². The van der Waals surface area contributed by atoms with Gasteiger partial charge in [0.2, 0.25) is 0 Å². The number of nitrogens with zero attached hydrogens (tertiary/aromatic N) is 1. The summed E-state index contributed by atoms with van der Waals surface area (Å²) >= 11 is 1.70. The zero-order valence-corrected chi connectivity index (χ0v) is 8.86. The van der Waals surface area contributed by atoms with Gasteiger partial charge in [0.1, 0.15) is 0 Å². The molecule has 1 aliphatic heterocycles. The molecule has 0 amide bonds. The highest BCUT2D eigenvalue weighted by Crippen LogP contribution is 2.32. The van der Waals surface area contributed by atoms with Crippen LogP contribution in [-0.2, 0) is 6.42 Å². The monoisotopic (exact) mass is 196 g/mol. The van der Waals surface area contributed by atoms with Crippen LogP contribution < -0.4 is 5.32 Å². The van der Waals surface area contributed by atoms with Gasteiger partial charge in [0, 0.05) is 23.9 Å². The van der Waals surface area contributed by atoms with Crippen LogP contribution in [0.5, 0.6) is 0 Å². The van der Waals surface area contributed by atoms with Crippen LogP contribution in [-0.4, -0.2) is 18.1 Å². The Balaban J connectivity index is 1.98. The summed E-state index contributed by atoms with van der Waals surface area (Å²) in [6.07, 6.45) is 3.78. The van der Waals surface area contributed by atoms with Crippen molar-refractivity contribution < 1.29 is 0 Å². The Morgan fingerprint density at radius 2 is 2.46 bits per heavy atom. The van der Waals surface area contributed by atoms with E-state index in [4.69, 9.17) is 0 Å². The minimum Gasteiger partial charge on any atom is -0.316 e. The number of nitrogens with one attached hydrogen (secondary N) is 1. The molecule has 13 heavy (non-hydrogen) atoms. The second-order valence-electron chi connectivity index (χ2n) is 4.01. The smallest absolute Gasteiger partial charge is 0.0794 e. The third-order valence-corrected chi connectivity index (χ3v) is 3.46. The average Bonchev–Trinajstić information content (AvgIpc) is 2.53. The van der Waals surface area contributed by atoms with E-state index in [9.17, 15) is 0 Å². The molecule has 0 aromatic carbocycles. The van der Waals surface area contributed by atoms with Crippen molar-refractivity contribution in [2.24, 2.45) is 5.41 Å². The molecule has 0 spiro atoms. The van der Waals surface area contributed by atoms with E-state index in [1.807, 2.05) is 5.51 Å². The summed E-state index contributed by atoms with van der Waals surface area (Å²) < 4.78 is 0. The van der Waals surface area contributed by atoms with E-state index in [0.717, 1.165) is 6.42 Å². The number of rotatable bonds is 4. The van der Waals surface area contributed by atoms with Crippen LogP contribution in [0.25, 0.3) is 0 Å². The maximum Gasteiger partial charge on any atom is 0.0794 e. The molecule has 1 fully saturated rings. The lowest BCUT2D eigenvalue weighted by molar-refractivity contribution is 0.149. The molecule has 0 saturated carbocycles. The van der Waals surface area contributed by atoms with Crippen molar-refractivity contribution in [1.82, 2.24) is 10.3 Å². The maximum absolute atomic E-state index is 4.36. The highest BCUT2D eigenvalue weighted by atomic mass is 32.1. The molecular formula is C10H16N2S. The summed E-state index contributed by atoms with van der Waals surface area (Å²) in [5.41, 5.74) is 3.74. The van der Waals surface area contributed by atoms with Crippen LogP contribution in [0.15, 0.2) is 10.9 Å². The molecule has 0 bridgehead atoms. The molecule has 2 nitrogen and oxygen atoms in total. The van der Waals surface area contributed by atoms with E-state index in [1.165, 1.54) is 31.6 Å². The first kappa shape index (κ1) is 9.16. The third-order valence-electron chi connectivity index (χ3n) is 2.82. The maximum atomic E-state index is 4.36. The van der Waals surface area contributed by atoms with E-state index < -0.39 is 0 Å². The minimum atomic E-state index is 0.531. The molecule has 3 heteroatoms. The Labute approximate surface area is 83.4 Å². The fourth-order valence-corrected chi connectivity index (χ4v) is 2.67. The fourth-order valence-electron chi connectivity index (χ4n) is 2.11. The van der Waals surface area contributed by atoms with Crippen LogP contribution in [0, 0.1) is 5.41 Å². The molecule has 1 aliphatic rings. The van der Waals surface area contributed by atoms with Gasteiger partial charge in [0.25, 0.3) is 0 Å². The minimum absolute atomic E-state index is 0.531. The van der Waals surface area contributed by atoms with Crippen LogP contribution in [0.3, 0.4) is 0 Å². The second-order valence-corrected chi connectivity index (χ2v) is 4.73. The van der Waals surface area contributed by atoms with Crippen LogP contribution in [0.1, 0.15) is 25.5 Å². The Morgan fingerprint density at radius 3 is 2.92 bits per heavy atom. The summed E-state index contributed by atoms with van der Waals surface area (Å²) in [4.78, 5) is 4.36. The molecule has 0 unspecified atom stereocenters. The van der Waals surface area contributed by atoms with Crippen molar-refractivity contribution in [1.29, 1.82) is 0 Å². The van der Waals surface area contributed by atoms with Gasteiger partial charge >= 0.3 is 0 Å². The first-order valence-electron chi connectivity index (χ1n) is 4.92. The highest BCUT2D eigenvalue weighted by molar-refractivity contribution is 7.07. The molecule has 0 radical (unpaired) electrons. The number of thiazole rings is 1. The Morgan fingerprint density at radius 1 is 1.62 bits per heavy atom. The van der Waals surface area contributed by atoms with Gasteiger partial charge in [-0.2, -0.15) is 0 Å². The quantitative estimate of drug-likeness (QED) is 0.797. The molecule has 0 atom stereocenters. The van der Waals surface area contributed by atoms with Crippen molar-refractivity contribution in [3.8, 4) is 0 Å². The van der Waals surface area contributed by atoms with Crippen molar-refractivity contribution in [2.45, 2.75) is 26.2 Å². The van der Waals surface area contributed by atoms with Gasteiger partial charge in [0.05, 0.1) is 11.2 Å². The molecular weight excluding hydrogens is 180 g/mol. The molecule has 1 aromatic heterocycles. The van der Waals surface area contributed by atoms with E-state index in [1.54, 1.807) is 11.3 Å². The average molecular weight is 196 g/mol. The number of hydrogen-bond donors (Lipinski definition) is 1. The first-order valence-corrected chi connectivity index (χ1v) is 5.87. The molecule has 1 N–H and O–H groups in total. The van der Waals surface area contributed by atoms with Crippen LogP contribution >= 0.6 is 11.3 Å². The van der Waals surface area contributed by atoms with Gasteiger partial charge in [-0.1, -0.05) is 13.3 Å². The molecule has 0 aliphatic carbocycles. The predicted molar refractivity (Wildman–Crippen MR) is 56.0 cm³/mol. The standard InChI is InChI=1S/C10H16N2S/c1-2-3-10(6-11-7-10)4-9-5-13-8-12-9/h5,8,11H,2-4,6-7H2,1H3. The Kier molecular flexibility index (Phi) is 2.65. The summed E-state index contributed by atoms with van der Waals surface area (Å²) in [6.45, 7) is 4.62. The Bertz CT molecular complexity index is 252. The van der Waals surface area contributed by atoms with E-state index in [2.05, 4.69) is 22.6 Å². The molecule has 72 valence electrons. The molecule has 1 saturated heterocycles. The van der Waals surface area contributed by atoms with Gasteiger partial charge in [-0.3, -0.25) is 0 Å². The molecule has 2 heterocycles. The summed E-state index contributed by atoms with van der Waals surface area (Å²) in [5.74, 6) is 0. The zero-order valence-electron chi connectivity index (χ0n) is 8.05. The lowest BCUT2D eigenvalue weighted by Gasteiger charge is -2.42. The van der Waals surface area contributed by atoms with E-state index in [0.29, 0.717) is 5.41 Å². The number of aromatic nitrogens is 1. The largest absolute Gasteiger partial charge is 0.316 e. The zero-order chi connectivity index (χ0) is 9.15. The van der Waals surface area contributed by atoms with Crippen LogP contribution in [0.4, 0.5) is 0 Å². The van der Waals surface area contributed by atoms with Crippen molar-refractivity contribution in [3.63, 3.8) is 0 Å². The number of hydrogen-bond acceptors (Lipinski definition) is 3. The van der Waals surface area contributed by atoms with Crippen molar-refractivity contribution >= 4 is 11.3 Å². The first-order chi connectivity index (χ1) is 6.35. The lowest BCUT2D eigenvalue weighted by Crippen LogP contribution is -2.54. The van der Waals surface area contributed by atoms with Gasteiger partial charge in [-0.05, 0) is 12.8 Å². The topological polar surface area (TPSA) is 24.9 Å². The fraction of sp³-hybridized carbons (Fsp3) is 0.700. The predicted octanol–water partition coefficient (Wildman–Crippen LogP) is 2.08. The van der Waals surface area contributed by atoms with Gasteiger partial charge < -0.3 is 5.32 Å². The highest BCUT2D eigenvalue weighted by Gasteiger charge is 2.36. The van der Waals surface area contributed by atoms with Crippen molar-refractivity contribution in [2.75, 3.05) is 13.1 Å². The molecule has 2 rings (SSSR count).